The van der Waals surface area contributed by atoms with Gasteiger partial charge in [-0.25, -0.2) is 0 Å². The Labute approximate surface area is 161 Å². The number of benzene rings is 1. The Balaban J connectivity index is 1.36. The second-order valence-electron chi connectivity index (χ2n) is 8.04. The molecular weight excluding hydrogens is 338 g/mol. The van der Waals surface area contributed by atoms with Gasteiger partial charge in [0, 0.05) is 61.8 Å². The lowest BCUT2D eigenvalue weighted by molar-refractivity contribution is -0.135. The van der Waals surface area contributed by atoms with Crippen molar-refractivity contribution in [2.24, 2.45) is 0 Å². The highest BCUT2D eigenvalue weighted by Gasteiger charge is 2.34. The molecule has 1 aliphatic heterocycles. The molecule has 2 aromatic rings. The maximum atomic E-state index is 12.8. The standard InChI is InChI=1S/C22H31N3O2/c26-14-11-19-16-24(12-13-25(19)18-5-1-2-6-18)22(27)10-9-17-15-23-21-8-4-3-7-20(17)21/h3-4,7-8,15,18-19,23,26H,1-2,5-6,9-14,16H2. The predicted molar refractivity (Wildman–Crippen MR) is 108 cm³/mol. The Hall–Kier alpha value is -1.85. The van der Waals surface area contributed by atoms with Crippen molar-refractivity contribution in [3.63, 3.8) is 0 Å². The highest BCUT2D eigenvalue weighted by Crippen LogP contribution is 2.28. The summed E-state index contributed by atoms with van der Waals surface area (Å²) in [6, 6.07) is 9.22. The maximum absolute atomic E-state index is 12.8. The molecule has 2 heterocycles. The van der Waals surface area contributed by atoms with Gasteiger partial charge >= 0.3 is 0 Å². The highest BCUT2D eigenvalue weighted by atomic mass is 16.3. The second kappa shape index (κ2) is 8.44. The number of carbonyl (C=O) groups is 1. The van der Waals surface area contributed by atoms with Crippen molar-refractivity contribution in [3.05, 3.63) is 36.0 Å². The number of nitrogens with one attached hydrogen (secondary N) is 1. The van der Waals surface area contributed by atoms with Crippen molar-refractivity contribution in [1.29, 1.82) is 0 Å². The molecule has 1 aromatic carbocycles. The average molecular weight is 370 g/mol. The minimum Gasteiger partial charge on any atom is -0.396 e. The first-order valence-electron chi connectivity index (χ1n) is 10.5. The molecule has 1 saturated carbocycles. The van der Waals surface area contributed by atoms with E-state index in [2.05, 4.69) is 22.0 Å². The summed E-state index contributed by atoms with van der Waals surface area (Å²) in [6.45, 7) is 2.74. The van der Waals surface area contributed by atoms with Crippen LogP contribution in [0.1, 0.15) is 44.1 Å². The number of nitrogens with zero attached hydrogens (tertiary/aromatic N) is 2. The fraction of sp³-hybridized carbons (Fsp3) is 0.591. The van der Waals surface area contributed by atoms with E-state index in [1.807, 2.05) is 23.2 Å². The topological polar surface area (TPSA) is 59.6 Å². The number of rotatable bonds is 6. The quantitative estimate of drug-likeness (QED) is 0.823. The fourth-order valence-electron chi connectivity index (χ4n) is 4.96. The maximum Gasteiger partial charge on any atom is 0.222 e. The zero-order chi connectivity index (χ0) is 18.6. The van der Waals surface area contributed by atoms with Gasteiger partial charge in [0.1, 0.15) is 0 Å². The van der Waals surface area contributed by atoms with Crippen LogP contribution in [0.5, 0.6) is 0 Å². The SMILES string of the molecule is O=C(CCc1c[nH]c2ccccc12)N1CCN(C2CCCC2)C(CCO)C1. The zero-order valence-electron chi connectivity index (χ0n) is 16.1. The Morgan fingerprint density at radius 2 is 2.00 bits per heavy atom. The van der Waals surface area contributed by atoms with Gasteiger partial charge in [0.25, 0.3) is 0 Å². The first kappa shape index (κ1) is 18.5. The third-order valence-electron chi connectivity index (χ3n) is 6.42. The number of aromatic nitrogens is 1. The number of carbonyl (C=O) groups excluding carboxylic acids is 1. The summed E-state index contributed by atoms with van der Waals surface area (Å²) < 4.78 is 0. The van der Waals surface area contributed by atoms with Crippen LogP contribution in [-0.2, 0) is 11.2 Å². The van der Waals surface area contributed by atoms with Gasteiger partial charge in [0.15, 0.2) is 0 Å². The first-order chi connectivity index (χ1) is 13.3. The fourth-order valence-corrected chi connectivity index (χ4v) is 4.96. The molecule has 2 aliphatic rings. The highest BCUT2D eigenvalue weighted by molar-refractivity contribution is 5.84. The summed E-state index contributed by atoms with van der Waals surface area (Å²) in [4.78, 5) is 20.7. The average Bonchev–Trinajstić information content (AvgIpc) is 3.36. The van der Waals surface area contributed by atoms with Gasteiger partial charge in [-0.3, -0.25) is 9.69 Å². The van der Waals surface area contributed by atoms with Gasteiger partial charge in [0.2, 0.25) is 5.91 Å². The molecule has 4 rings (SSSR count). The third-order valence-corrected chi connectivity index (χ3v) is 6.42. The molecule has 1 aliphatic carbocycles. The number of fused-ring (bicyclic) bond motifs is 1. The number of aliphatic hydroxyl groups excluding tert-OH is 1. The number of aromatic amines is 1. The molecule has 5 heteroatoms. The van der Waals surface area contributed by atoms with E-state index in [-0.39, 0.29) is 12.5 Å². The Bertz CT molecular complexity index is 766. The van der Waals surface area contributed by atoms with E-state index in [0.717, 1.165) is 38.0 Å². The Kier molecular flexibility index (Phi) is 5.79. The summed E-state index contributed by atoms with van der Waals surface area (Å²) in [5, 5.41) is 10.7. The molecule has 1 saturated heterocycles. The van der Waals surface area contributed by atoms with Crippen LogP contribution in [0.25, 0.3) is 10.9 Å². The number of hydrogen-bond acceptors (Lipinski definition) is 3. The van der Waals surface area contributed by atoms with Gasteiger partial charge in [-0.1, -0.05) is 31.0 Å². The van der Waals surface area contributed by atoms with E-state index in [1.165, 1.54) is 36.6 Å². The normalized spacial score (nSPS) is 22.0. The molecule has 1 unspecified atom stereocenters. The summed E-state index contributed by atoms with van der Waals surface area (Å²) in [6.07, 6.45) is 9.31. The molecule has 1 atom stereocenters. The zero-order valence-corrected chi connectivity index (χ0v) is 16.1. The lowest BCUT2D eigenvalue weighted by Gasteiger charge is -2.44. The van der Waals surface area contributed by atoms with E-state index in [1.54, 1.807) is 0 Å². The van der Waals surface area contributed by atoms with Crippen LogP contribution in [0.15, 0.2) is 30.5 Å². The van der Waals surface area contributed by atoms with Crippen LogP contribution in [0, 0.1) is 0 Å². The number of aryl methyl sites for hydroxylation is 1. The molecule has 1 amide bonds. The molecule has 27 heavy (non-hydrogen) atoms. The molecular formula is C22H31N3O2. The van der Waals surface area contributed by atoms with Crippen LogP contribution in [0.3, 0.4) is 0 Å². The minimum atomic E-state index is 0.200. The number of para-hydroxylation sites is 1. The molecule has 0 radical (unpaired) electrons. The smallest absolute Gasteiger partial charge is 0.222 e. The summed E-state index contributed by atoms with van der Waals surface area (Å²) in [5.74, 6) is 0.245. The van der Waals surface area contributed by atoms with E-state index >= 15 is 0 Å². The summed E-state index contributed by atoms with van der Waals surface area (Å²) in [5.41, 5.74) is 2.35. The van der Waals surface area contributed by atoms with Crippen LogP contribution >= 0.6 is 0 Å². The van der Waals surface area contributed by atoms with Crippen molar-refractivity contribution >= 4 is 16.8 Å². The van der Waals surface area contributed by atoms with Crippen molar-refractivity contribution in [2.45, 2.75) is 57.0 Å². The van der Waals surface area contributed by atoms with Crippen molar-refractivity contribution < 1.29 is 9.90 Å². The Morgan fingerprint density at radius 1 is 1.19 bits per heavy atom. The third kappa shape index (κ3) is 4.04. The largest absolute Gasteiger partial charge is 0.396 e. The molecule has 5 nitrogen and oxygen atoms in total. The summed E-state index contributed by atoms with van der Waals surface area (Å²) >= 11 is 0. The molecule has 1 aromatic heterocycles. The molecule has 0 spiro atoms. The van der Waals surface area contributed by atoms with Gasteiger partial charge in [-0.05, 0) is 37.3 Å². The number of H-pyrrole nitrogens is 1. The first-order valence-corrected chi connectivity index (χ1v) is 10.5. The van der Waals surface area contributed by atoms with E-state index in [4.69, 9.17) is 0 Å². The van der Waals surface area contributed by atoms with Gasteiger partial charge < -0.3 is 15.0 Å². The molecule has 2 fully saturated rings. The number of aliphatic hydroxyl groups is 1. The molecule has 146 valence electrons. The van der Waals surface area contributed by atoms with Gasteiger partial charge in [-0.2, -0.15) is 0 Å². The van der Waals surface area contributed by atoms with E-state index < -0.39 is 0 Å². The van der Waals surface area contributed by atoms with Crippen LogP contribution in [0.2, 0.25) is 0 Å². The van der Waals surface area contributed by atoms with Crippen LogP contribution in [-0.4, -0.2) is 64.1 Å². The van der Waals surface area contributed by atoms with E-state index in [0.29, 0.717) is 18.5 Å². The predicted octanol–water partition coefficient (Wildman–Crippen LogP) is 2.94. The van der Waals surface area contributed by atoms with E-state index in [9.17, 15) is 9.90 Å². The van der Waals surface area contributed by atoms with Gasteiger partial charge in [0.05, 0.1) is 0 Å². The van der Waals surface area contributed by atoms with Crippen molar-refractivity contribution in [2.75, 3.05) is 26.2 Å². The summed E-state index contributed by atoms with van der Waals surface area (Å²) in [7, 11) is 0. The van der Waals surface area contributed by atoms with Gasteiger partial charge in [-0.15, -0.1) is 0 Å². The Morgan fingerprint density at radius 3 is 2.81 bits per heavy atom. The van der Waals surface area contributed by atoms with Crippen molar-refractivity contribution in [1.82, 2.24) is 14.8 Å². The van der Waals surface area contributed by atoms with Crippen LogP contribution in [0.4, 0.5) is 0 Å². The number of amides is 1. The second-order valence-corrected chi connectivity index (χ2v) is 8.04. The number of hydrogen-bond donors (Lipinski definition) is 2. The molecule has 0 bridgehead atoms. The lowest BCUT2D eigenvalue weighted by Crippen LogP contribution is -2.57. The number of piperazine rings is 1. The van der Waals surface area contributed by atoms with Crippen LogP contribution < -0.4 is 0 Å². The lowest BCUT2D eigenvalue weighted by atomic mass is 10.0. The molecule has 2 N–H and O–H groups in total. The monoisotopic (exact) mass is 369 g/mol. The minimum absolute atomic E-state index is 0.200. The van der Waals surface area contributed by atoms with Crippen molar-refractivity contribution in [3.8, 4) is 0 Å².